The molecule has 0 unspecified atom stereocenters. The minimum atomic E-state index is -3.60. The van der Waals surface area contributed by atoms with Crippen molar-refractivity contribution in [3.05, 3.63) is 93.8 Å². The van der Waals surface area contributed by atoms with Gasteiger partial charge in [0, 0.05) is 30.1 Å². The summed E-state index contributed by atoms with van der Waals surface area (Å²) in [6.07, 6.45) is 4.25. The normalized spacial score (nSPS) is 15.0. The molecule has 5 rings (SSSR count). The van der Waals surface area contributed by atoms with Crippen LogP contribution < -0.4 is 5.56 Å². The van der Waals surface area contributed by atoms with Gasteiger partial charge in [-0.3, -0.25) is 9.79 Å². The second-order valence-corrected chi connectivity index (χ2v) is 11.4. The predicted molar refractivity (Wildman–Crippen MR) is 147 cm³/mol. The van der Waals surface area contributed by atoms with Crippen LogP contribution in [0, 0.1) is 13.8 Å². The number of benzene rings is 3. The van der Waals surface area contributed by atoms with Gasteiger partial charge in [0.15, 0.2) is 0 Å². The lowest BCUT2D eigenvalue weighted by Crippen LogP contribution is -2.35. The Kier molecular flexibility index (Phi) is 6.70. The lowest BCUT2D eigenvalue weighted by atomic mass is 10.1. The fraction of sp³-hybridized carbons (Fsp3) is 0.241. The molecule has 1 aromatic heterocycles. The van der Waals surface area contributed by atoms with Crippen LogP contribution in [0.25, 0.3) is 16.5 Å². The molecule has 0 amide bonds. The zero-order valence-electron chi connectivity index (χ0n) is 20.9. The minimum Gasteiger partial charge on any atom is -0.494 e. The highest BCUT2D eigenvalue weighted by molar-refractivity contribution is 7.89. The topological polar surface area (TPSA) is 92.0 Å². The summed E-state index contributed by atoms with van der Waals surface area (Å²) in [5.41, 5.74) is 2.97. The van der Waals surface area contributed by atoms with Crippen molar-refractivity contribution < 1.29 is 13.5 Å². The van der Waals surface area contributed by atoms with Gasteiger partial charge in [0.25, 0.3) is 5.56 Å². The summed E-state index contributed by atoms with van der Waals surface area (Å²) >= 11 is 0. The molecule has 3 aromatic carbocycles. The second-order valence-electron chi connectivity index (χ2n) is 9.43. The first-order chi connectivity index (χ1) is 17.8. The maximum absolute atomic E-state index is 13.4. The van der Waals surface area contributed by atoms with Gasteiger partial charge in [0.1, 0.15) is 0 Å². The molecule has 0 atom stereocenters. The summed E-state index contributed by atoms with van der Waals surface area (Å²) in [6.45, 7) is 4.91. The van der Waals surface area contributed by atoms with Crippen LogP contribution in [0.2, 0.25) is 0 Å². The van der Waals surface area contributed by atoms with Crippen molar-refractivity contribution in [2.24, 2.45) is 4.99 Å². The Morgan fingerprint density at radius 1 is 0.892 bits per heavy atom. The van der Waals surface area contributed by atoms with Crippen molar-refractivity contribution in [2.75, 3.05) is 13.1 Å². The van der Waals surface area contributed by atoms with E-state index in [1.54, 1.807) is 48.5 Å². The number of aromatic nitrogens is 1. The first-order valence-corrected chi connectivity index (χ1v) is 13.8. The van der Waals surface area contributed by atoms with E-state index in [0.29, 0.717) is 40.8 Å². The Morgan fingerprint density at radius 3 is 2.35 bits per heavy atom. The first kappa shape index (κ1) is 24.9. The van der Waals surface area contributed by atoms with Gasteiger partial charge in [0.2, 0.25) is 15.9 Å². The molecular weight excluding hydrogens is 486 g/mol. The maximum Gasteiger partial charge on any atom is 0.265 e. The molecule has 1 fully saturated rings. The van der Waals surface area contributed by atoms with E-state index in [9.17, 15) is 18.3 Å². The van der Waals surface area contributed by atoms with E-state index in [1.165, 1.54) is 15.1 Å². The van der Waals surface area contributed by atoms with Gasteiger partial charge in [0.05, 0.1) is 21.8 Å². The number of sulfonamides is 1. The summed E-state index contributed by atoms with van der Waals surface area (Å²) < 4.78 is 29.1. The molecule has 1 aliphatic rings. The number of aromatic hydroxyl groups is 1. The summed E-state index contributed by atoms with van der Waals surface area (Å²) in [6, 6.07) is 19.2. The molecule has 1 N–H and O–H groups in total. The van der Waals surface area contributed by atoms with Crippen molar-refractivity contribution in [1.82, 2.24) is 8.87 Å². The number of fused-ring (bicyclic) bond motifs is 1. The number of pyridine rings is 1. The lowest BCUT2D eigenvalue weighted by molar-refractivity contribution is 0.346. The van der Waals surface area contributed by atoms with Crippen LogP contribution in [-0.2, 0) is 10.0 Å². The van der Waals surface area contributed by atoms with Crippen molar-refractivity contribution in [2.45, 2.75) is 38.0 Å². The number of rotatable bonds is 5. The first-order valence-electron chi connectivity index (χ1n) is 12.4. The van der Waals surface area contributed by atoms with Gasteiger partial charge in [-0.2, -0.15) is 4.31 Å². The van der Waals surface area contributed by atoms with Crippen molar-refractivity contribution in [3.8, 4) is 11.6 Å². The Morgan fingerprint density at radius 2 is 1.62 bits per heavy atom. The highest BCUT2D eigenvalue weighted by atomic mass is 32.2. The van der Waals surface area contributed by atoms with Crippen molar-refractivity contribution in [1.29, 1.82) is 0 Å². The van der Waals surface area contributed by atoms with Gasteiger partial charge < -0.3 is 5.11 Å². The zero-order valence-corrected chi connectivity index (χ0v) is 21.7. The molecule has 2 heterocycles. The summed E-state index contributed by atoms with van der Waals surface area (Å²) in [5, 5.41) is 12.3. The standard InChI is InChI=1S/C29H29N3O4S/c1-20-13-14-27(21(2)17-20)32-28(33)25-12-5-4-11-24(25)26(29(32)34)19-30-22-9-8-10-23(18-22)37(35,36)31-15-6-3-7-16-31/h4-5,8-14,17-19,34H,3,6-7,15-16H2,1-2H3. The average Bonchev–Trinajstić information content (AvgIpc) is 2.90. The van der Waals surface area contributed by atoms with Gasteiger partial charge >= 0.3 is 0 Å². The molecule has 0 saturated carbocycles. The van der Waals surface area contributed by atoms with E-state index in [1.807, 2.05) is 32.0 Å². The van der Waals surface area contributed by atoms with Crippen LogP contribution in [0.5, 0.6) is 5.88 Å². The molecule has 1 aliphatic heterocycles. The van der Waals surface area contributed by atoms with E-state index in [2.05, 4.69) is 4.99 Å². The largest absolute Gasteiger partial charge is 0.494 e. The molecule has 190 valence electrons. The molecule has 0 aliphatic carbocycles. The third-order valence-electron chi connectivity index (χ3n) is 6.81. The molecule has 4 aromatic rings. The van der Waals surface area contributed by atoms with E-state index < -0.39 is 10.0 Å². The smallest absolute Gasteiger partial charge is 0.265 e. The number of hydrogen-bond donors (Lipinski definition) is 1. The van der Waals surface area contributed by atoms with E-state index in [4.69, 9.17) is 0 Å². The van der Waals surface area contributed by atoms with E-state index in [-0.39, 0.29) is 16.3 Å². The summed E-state index contributed by atoms with van der Waals surface area (Å²) in [7, 11) is -3.60. The van der Waals surface area contributed by atoms with Crippen LogP contribution in [0.4, 0.5) is 5.69 Å². The third-order valence-corrected chi connectivity index (χ3v) is 8.70. The molecule has 0 spiro atoms. The molecule has 0 radical (unpaired) electrons. The SMILES string of the molecule is Cc1ccc(-n2c(O)c(C=Nc3cccc(S(=O)(=O)N4CCCCC4)c3)c3ccccc3c2=O)c(C)c1. The van der Waals surface area contributed by atoms with E-state index in [0.717, 1.165) is 30.4 Å². The van der Waals surface area contributed by atoms with Crippen LogP contribution in [0.15, 0.2) is 81.4 Å². The fourth-order valence-corrected chi connectivity index (χ4v) is 6.44. The predicted octanol–water partition coefficient (Wildman–Crippen LogP) is 5.24. The zero-order chi connectivity index (χ0) is 26.2. The number of piperidine rings is 1. The quantitative estimate of drug-likeness (QED) is 0.368. The molecule has 8 heteroatoms. The molecule has 1 saturated heterocycles. The van der Waals surface area contributed by atoms with Gasteiger partial charge in [-0.25, -0.2) is 13.0 Å². The van der Waals surface area contributed by atoms with Crippen molar-refractivity contribution >= 4 is 32.7 Å². The average molecular weight is 516 g/mol. The summed E-state index contributed by atoms with van der Waals surface area (Å²) in [4.78, 5) is 18.1. The second kappa shape index (κ2) is 9.95. The van der Waals surface area contributed by atoms with Gasteiger partial charge in [-0.15, -0.1) is 0 Å². The monoisotopic (exact) mass is 515 g/mol. The number of hydrogen-bond acceptors (Lipinski definition) is 5. The Hall–Kier alpha value is -3.75. The van der Waals surface area contributed by atoms with Gasteiger partial charge in [-0.05, 0) is 62.6 Å². The van der Waals surface area contributed by atoms with Gasteiger partial charge in [-0.1, -0.05) is 48.4 Å². The fourth-order valence-electron chi connectivity index (χ4n) is 4.89. The maximum atomic E-state index is 13.4. The molecular formula is C29H29N3O4S. The highest BCUT2D eigenvalue weighted by Gasteiger charge is 2.26. The Bertz CT molecular complexity index is 1680. The molecule has 7 nitrogen and oxygen atoms in total. The lowest BCUT2D eigenvalue weighted by Gasteiger charge is -2.25. The summed E-state index contributed by atoms with van der Waals surface area (Å²) in [5.74, 6) is -0.225. The molecule has 37 heavy (non-hydrogen) atoms. The number of nitrogens with zero attached hydrogens (tertiary/aromatic N) is 3. The van der Waals surface area contributed by atoms with Crippen LogP contribution >= 0.6 is 0 Å². The Labute approximate surface area is 216 Å². The van der Waals surface area contributed by atoms with Crippen molar-refractivity contribution in [3.63, 3.8) is 0 Å². The minimum absolute atomic E-state index is 0.193. The highest BCUT2D eigenvalue weighted by Crippen LogP contribution is 2.29. The van der Waals surface area contributed by atoms with Crippen LogP contribution in [0.3, 0.4) is 0 Å². The number of aryl methyl sites for hydroxylation is 2. The van der Waals surface area contributed by atoms with Crippen LogP contribution in [-0.4, -0.2) is 41.7 Å². The number of aliphatic imine (C=N–C) groups is 1. The Balaban J connectivity index is 1.61. The third kappa shape index (κ3) is 4.70. The molecule has 0 bridgehead atoms. The van der Waals surface area contributed by atoms with E-state index >= 15 is 0 Å². The van der Waals surface area contributed by atoms with Crippen LogP contribution in [0.1, 0.15) is 36.0 Å².